The van der Waals surface area contributed by atoms with Gasteiger partial charge in [-0.2, -0.15) is 5.26 Å². The third-order valence-corrected chi connectivity index (χ3v) is 4.90. The van der Waals surface area contributed by atoms with Crippen molar-refractivity contribution < 1.29 is 4.79 Å². The Morgan fingerprint density at radius 3 is 2.81 bits per heavy atom. The molecule has 7 heteroatoms. The number of hydrogen-bond donors (Lipinski definition) is 2. The Hall–Kier alpha value is -2.72. The minimum Gasteiger partial charge on any atom is -0.337 e. The van der Waals surface area contributed by atoms with E-state index in [1.165, 1.54) is 0 Å². The van der Waals surface area contributed by atoms with Gasteiger partial charge in [-0.1, -0.05) is 19.1 Å². The number of rotatable bonds is 6. The van der Waals surface area contributed by atoms with Crippen LogP contribution in [0.3, 0.4) is 0 Å². The first-order chi connectivity index (χ1) is 12.5. The number of aromatic nitrogens is 2. The minimum atomic E-state index is -0.716. The van der Waals surface area contributed by atoms with Gasteiger partial charge in [0.1, 0.15) is 11.4 Å². The Kier molecular flexibility index (Phi) is 5.33. The number of carbonyl (C=O) groups is 1. The maximum atomic E-state index is 12.4. The number of fused-ring (bicyclic) bond motifs is 1. The Morgan fingerprint density at radius 1 is 1.38 bits per heavy atom. The Morgan fingerprint density at radius 2 is 2.12 bits per heavy atom. The molecule has 0 unspecified atom stereocenters. The highest BCUT2D eigenvalue weighted by Gasteiger charge is 2.35. The molecule has 1 aromatic carbocycles. The fourth-order valence-corrected chi connectivity index (χ4v) is 3.45. The Bertz CT molecular complexity index is 893. The molecule has 0 radical (unpaired) electrons. The monoisotopic (exact) mass is 353 g/mol. The average Bonchev–Trinajstić information content (AvgIpc) is 3.10. The van der Waals surface area contributed by atoms with Crippen LogP contribution in [-0.2, 0) is 11.3 Å². The summed E-state index contributed by atoms with van der Waals surface area (Å²) in [4.78, 5) is 33.7. The van der Waals surface area contributed by atoms with E-state index in [9.17, 15) is 14.9 Å². The SMILES string of the molecule is CCN(CC(=O)NC1(C#N)CCCC1)Cc1nc2ccccc2c(=O)[nH]1. The maximum Gasteiger partial charge on any atom is 0.258 e. The molecule has 1 heterocycles. The lowest BCUT2D eigenvalue weighted by molar-refractivity contribution is -0.123. The molecular weight excluding hydrogens is 330 g/mol. The molecule has 0 bridgehead atoms. The smallest absolute Gasteiger partial charge is 0.258 e. The number of likely N-dealkylation sites (N-methyl/N-ethyl adjacent to an activating group) is 1. The number of H-pyrrole nitrogens is 1. The first kappa shape index (κ1) is 18.1. The van der Waals surface area contributed by atoms with Gasteiger partial charge in [-0.05, 0) is 44.4 Å². The van der Waals surface area contributed by atoms with Crippen molar-refractivity contribution in [3.63, 3.8) is 0 Å². The summed E-state index contributed by atoms with van der Waals surface area (Å²) in [7, 11) is 0. The molecule has 1 saturated carbocycles. The molecule has 2 aromatic rings. The summed E-state index contributed by atoms with van der Waals surface area (Å²) >= 11 is 0. The van der Waals surface area contributed by atoms with Gasteiger partial charge in [-0.15, -0.1) is 0 Å². The summed E-state index contributed by atoms with van der Waals surface area (Å²) in [6, 6.07) is 9.44. The zero-order chi connectivity index (χ0) is 18.6. The van der Waals surface area contributed by atoms with Gasteiger partial charge in [-0.25, -0.2) is 4.98 Å². The normalized spacial score (nSPS) is 15.9. The summed E-state index contributed by atoms with van der Waals surface area (Å²) in [5.74, 6) is 0.359. The van der Waals surface area contributed by atoms with E-state index in [0.717, 1.165) is 12.8 Å². The highest BCUT2D eigenvalue weighted by molar-refractivity contribution is 5.79. The number of amides is 1. The van der Waals surface area contributed by atoms with Gasteiger partial charge >= 0.3 is 0 Å². The zero-order valence-electron chi connectivity index (χ0n) is 14.9. The van der Waals surface area contributed by atoms with E-state index >= 15 is 0 Å². The first-order valence-corrected chi connectivity index (χ1v) is 8.98. The van der Waals surface area contributed by atoms with E-state index in [2.05, 4.69) is 21.4 Å². The molecule has 0 saturated heterocycles. The van der Waals surface area contributed by atoms with E-state index < -0.39 is 5.54 Å². The number of carbonyl (C=O) groups excluding carboxylic acids is 1. The number of benzene rings is 1. The fourth-order valence-electron chi connectivity index (χ4n) is 3.45. The summed E-state index contributed by atoms with van der Waals surface area (Å²) in [6.45, 7) is 3.10. The lowest BCUT2D eigenvalue weighted by Gasteiger charge is -2.25. The largest absolute Gasteiger partial charge is 0.337 e. The van der Waals surface area contributed by atoms with Crippen LogP contribution in [0.2, 0.25) is 0 Å². The van der Waals surface area contributed by atoms with Crippen molar-refractivity contribution in [2.75, 3.05) is 13.1 Å². The molecule has 0 aliphatic heterocycles. The van der Waals surface area contributed by atoms with Crippen LogP contribution in [0.5, 0.6) is 0 Å². The average molecular weight is 353 g/mol. The van der Waals surface area contributed by atoms with Crippen LogP contribution < -0.4 is 10.9 Å². The van der Waals surface area contributed by atoms with E-state index in [-0.39, 0.29) is 18.0 Å². The van der Waals surface area contributed by atoms with E-state index in [1.807, 2.05) is 17.9 Å². The third-order valence-electron chi connectivity index (χ3n) is 4.90. The van der Waals surface area contributed by atoms with E-state index in [0.29, 0.717) is 42.7 Å². The van der Waals surface area contributed by atoms with E-state index in [1.54, 1.807) is 18.2 Å². The predicted molar refractivity (Wildman–Crippen MR) is 98.3 cm³/mol. The second-order valence-electron chi connectivity index (χ2n) is 6.78. The number of nitrogens with one attached hydrogen (secondary N) is 2. The molecule has 3 rings (SSSR count). The fraction of sp³-hybridized carbons (Fsp3) is 0.474. The molecule has 1 aliphatic rings. The lowest BCUT2D eigenvalue weighted by Crippen LogP contribution is -2.49. The quantitative estimate of drug-likeness (QED) is 0.823. The number of nitriles is 1. The topological polar surface area (TPSA) is 102 Å². The van der Waals surface area contributed by atoms with E-state index in [4.69, 9.17) is 0 Å². The van der Waals surface area contributed by atoms with Crippen molar-refractivity contribution >= 4 is 16.8 Å². The van der Waals surface area contributed by atoms with Crippen LogP contribution in [0.1, 0.15) is 38.4 Å². The highest BCUT2D eigenvalue weighted by atomic mass is 16.2. The van der Waals surface area contributed by atoms with Gasteiger partial charge in [0.15, 0.2) is 0 Å². The molecule has 1 amide bonds. The van der Waals surface area contributed by atoms with Gasteiger partial charge in [0, 0.05) is 0 Å². The molecule has 0 spiro atoms. The number of nitrogens with zero attached hydrogens (tertiary/aromatic N) is 3. The predicted octanol–water partition coefficient (Wildman–Crippen LogP) is 1.70. The minimum absolute atomic E-state index is 0.163. The molecule has 136 valence electrons. The van der Waals surface area contributed by atoms with Gasteiger partial charge < -0.3 is 10.3 Å². The second kappa shape index (κ2) is 7.67. The van der Waals surface area contributed by atoms with Crippen LogP contribution in [0, 0.1) is 11.3 Å². The van der Waals surface area contributed by atoms with Crippen LogP contribution >= 0.6 is 0 Å². The molecule has 0 atom stereocenters. The first-order valence-electron chi connectivity index (χ1n) is 8.98. The molecule has 1 fully saturated rings. The highest BCUT2D eigenvalue weighted by Crippen LogP contribution is 2.28. The van der Waals surface area contributed by atoms with Gasteiger partial charge in [0.05, 0.1) is 30.1 Å². The van der Waals surface area contributed by atoms with Crippen molar-refractivity contribution in [2.24, 2.45) is 0 Å². The van der Waals surface area contributed by atoms with Crippen molar-refractivity contribution in [3.8, 4) is 6.07 Å². The van der Waals surface area contributed by atoms with Crippen molar-refractivity contribution in [1.82, 2.24) is 20.2 Å². The summed E-state index contributed by atoms with van der Waals surface area (Å²) in [5, 5.41) is 12.8. The third kappa shape index (κ3) is 3.92. The Balaban J connectivity index is 1.69. The molecular formula is C19H23N5O2. The molecule has 1 aromatic heterocycles. The van der Waals surface area contributed by atoms with Crippen LogP contribution in [-0.4, -0.2) is 39.4 Å². The maximum absolute atomic E-state index is 12.4. The summed E-state index contributed by atoms with van der Waals surface area (Å²) in [6.07, 6.45) is 3.35. The standard InChI is InChI=1S/C19H23N5O2/c1-2-24(12-17(25)23-19(13-20)9-5-6-10-19)11-16-21-15-8-4-3-7-14(15)18(26)22-16/h3-4,7-8H,2,5-6,9-12H2,1H3,(H,23,25)(H,21,22,26). The summed E-state index contributed by atoms with van der Waals surface area (Å²) < 4.78 is 0. The molecule has 7 nitrogen and oxygen atoms in total. The summed E-state index contributed by atoms with van der Waals surface area (Å²) in [5.41, 5.74) is -0.256. The van der Waals surface area contributed by atoms with Crippen molar-refractivity contribution in [1.29, 1.82) is 5.26 Å². The van der Waals surface area contributed by atoms with Crippen LogP contribution in [0.25, 0.3) is 10.9 Å². The van der Waals surface area contributed by atoms with Crippen LogP contribution in [0.4, 0.5) is 0 Å². The van der Waals surface area contributed by atoms with Crippen molar-refractivity contribution in [3.05, 3.63) is 40.4 Å². The molecule has 2 N–H and O–H groups in total. The number of para-hydroxylation sites is 1. The van der Waals surface area contributed by atoms with Crippen molar-refractivity contribution in [2.45, 2.75) is 44.7 Å². The van der Waals surface area contributed by atoms with Gasteiger partial charge in [0.2, 0.25) is 5.91 Å². The second-order valence-corrected chi connectivity index (χ2v) is 6.78. The molecule has 26 heavy (non-hydrogen) atoms. The van der Waals surface area contributed by atoms with Gasteiger partial charge in [-0.3, -0.25) is 14.5 Å². The van der Waals surface area contributed by atoms with Crippen LogP contribution in [0.15, 0.2) is 29.1 Å². The molecule has 1 aliphatic carbocycles. The Labute approximate surface area is 152 Å². The van der Waals surface area contributed by atoms with Gasteiger partial charge in [0.25, 0.3) is 5.56 Å². The number of hydrogen-bond acceptors (Lipinski definition) is 5. The lowest BCUT2D eigenvalue weighted by atomic mass is 10.00. The number of aromatic amines is 1. The zero-order valence-corrected chi connectivity index (χ0v) is 14.9.